The average Bonchev–Trinajstić information content (AvgIpc) is 2.62. The van der Waals surface area contributed by atoms with Crippen molar-refractivity contribution in [1.82, 2.24) is 10.3 Å². The van der Waals surface area contributed by atoms with Gasteiger partial charge in [0.2, 0.25) is 0 Å². The summed E-state index contributed by atoms with van der Waals surface area (Å²) in [6, 6.07) is 3.93. The normalized spacial score (nSPS) is 28.9. The van der Waals surface area contributed by atoms with Crippen LogP contribution >= 0.6 is 15.9 Å². The number of hydrogen-bond acceptors (Lipinski definition) is 6. The zero-order valence-corrected chi connectivity index (χ0v) is 17.9. The molecule has 150 valence electrons. The predicted molar refractivity (Wildman–Crippen MR) is 105 cm³/mol. The van der Waals surface area contributed by atoms with Gasteiger partial charge in [0, 0.05) is 23.8 Å². The number of carbonyl (C=O) groups excluding carboxylic acids is 1. The maximum Gasteiger partial charge on any atom is 0.332 e. The maximum absolute atomic E-state index is 12.2. The first-order valence-electron chi connectivity index (χ1n) is 9.55. The second-order valence-corrected chi connectivity index (χ2v) is 9.35. The van der Waals surface area contributed by atoms with Gasteiger partial charge in [-0.3, -0.25) is 4.98 Å². The molecular formula is C20H29BrN2O4. The van der Waals surface area contributed by atoms with Crippen LogP contribution in [0.2, 0.25) is 0 Å². The zero-order chi connectivity index (χ0) is 19.5. The summed E-state index contributed by atoms with van der Waals surface area (Å²) in [7, 11) is 0. The van der Waals surface area contributed by atoms with Gasteiger partial charge in [-0.2, -0.15) is 0 Å². The van der Waals surface area contributed by atoms with Crippen LogP contribution in [0.3, 0.4) is 0 Å². The van der Waals surface area contributed by atoms with E-state index in [2.05, 4.69) is 26.2 Å². The van der Waals surface area contributed by atoms with E-state index in [9.17, 15) is 4.79 Å². The van der Waals surface area contributed by atoms with Crippen molar-refractivity contribution in [3.8, 4) is 0 Å². The Labute approximate surface area is 169 Å². The third-order valence-electron chi connectivity index (χ3n) is 5.18. The number of pyridine rings is 1. The number of esters is 1. The predicted octanol–water partition coefficient (Wildman–Crippen LogP) is 3.33. The highest BCUT2D eigenvalue weighted by Gasteiger charge is 2.47. The number of hydrogen-bond donors (Lipinski definition) is 1. The molecule has 2 aliphatic rings. The molecule has 1 aliphatic carbocycles. The van der Waals surface area contributed by atoms with Gasteiger partial charge in [0.1, 0.15) is 17.8 Å². The van der Waals surface area contributed by atoms with Crippen LogP contribution in [0, 0.1) is 0 Å². The molecule has 1 aromatic heterocycles. The lowest BCUT2D eigenvalue weighted by atomic mass is 9.73. The highest BCUT2D eigenvalue weighted by molar-refractivity contribution is 9.10. The standard InChI is InChI=1S/C20H29BrN2O4/c1-18(2,3)27-17(24)13-26-20(16-5-4-15(21)12-23-16)8-6-19(7-9-20)14-22-10-11-25-19/h4-5,12,22H,6-11,13-14H2,1-3H3. The van der Waals surface area contributed by atoms with Crippen LogP contribution in [-0.4, -0.2) is 48.5 Å². The van der Waals surface area contributed by atoms with Gasteiger partial charge in [-0.05, 0) is 74.5 Å². The number of rotatable bonds is 4. The smallest absolute Gasteiger partial charge is 0.332 e. The molecular weight excluding hydrogens is 412 g/mol. The van der Waals surface area contributed by atoms with Crippen molar-refractivity contribution in [2.24, 2.45) is 0 Å². The lowest BCUT2D eigenvalue weighted by molar-refractivity contribution is -0.180. The van der Waals surface area contributed by atoms with Gasteiger partial charge in [-0.1, -0.05) is 0 Å². The Balaban J connectivity index is 1.74. The summed E-state index contributed by atoms with van der Waals surface area (Å²) in [5, 5.41) is 3.43. The van der Waals surface area contributed by atoms with Crippen LogP contribution in [0.25, 0.3) is 0 Å². The van der Waals surface area contributed by atoms with Crippen LogP contribution in [0.15, 0.2) is 22.8 Å². The first-order chi connectivity index (χ1) is 12.7. The fraction of sp³-hybridized carbons (Fsp3) is 0.700. The minimum Gasteiger partial charge on any atom is -0.458 e. The SMILES string of the molecule is CC(C)(C)OC(=O)COC1(c2ccc(Br)cn2)CCC2(CC1)CNCCO2. The monoisotopic (exact) mass is 440 g/mol. The highest BCUT2D eigenvalue weighted by Crippen LogP contribution is 2.45. The lowest BCUT2D eigenvalue weighted by Crippen LogP contribution is -2.54. The molecule has 1 spiro atoms. The first kappa shape index (κ1) is 20.7. The van der Waals surface area contributed by atoms with E-state index in [-0.39, 0.29) is 18.2 Å². The maximum atomic E-state index is 12.2. The third-order valence-corrected chi connectivity index (χ3v) is 5.65. The van der Waals surface area contributed by atoms with Crippen LogP contribution in [0.4, 0.5) is 0 Å². The molecule has 0 amide bonds. The van der Waals surface area contributed by atoms with Crippen LogP contribution < -0.4 is 5.32 Å². The summed E-state index contributed by atoms with van der Waals surface area (Å²) in [4.78, 5) is 16.8. The minimum atomic E-state index is -0.594. The molecule has 2 fully saturated rings. The number of carbonyl (C=O) groups is 1. The molecule has 1 N–H and O–H groups in total. The molecule has 0 atom stereocenters. The molecule has 0 radical (unpaired) electrons. The lowest BCUT2D eigenvalue weighted by Gasteiger charge is -2.47. The molecule has 6 nitrogen and oxygen atoms in total. The number of aromatic nitrogens is 1. The Kier molecular flexibility index (Phi) is 6.25. The van der Waals surface area contributed by atoms with Gasteiger partial charge >= 0.3 is 5.97 Å². The first-order valence-corrected chi connectivity index (χ1v) is 10.3. The fourth-order valence-electron chi connectivity index (χ4n) is 3.83. The number of nitrogens with zero attached hydrogens (tertiary/aromatic N) is 1. The summed E-state index contributed by atoms with van der Waals surface area (Å²) < 4.78 is 18.6. The Morgan fingerprint density at radius 3 is 2.59 bits per heavy atom. The molecule has 1 saturated heterocycles. The minimum absolute atomic E-state index is 0.0822. The molecule has 0 unspecified atom stereocenters. The summed E-state index contributed by atoms with van der Waals surface area (Å²) in [5.41, 5.74) is -0.398. The highest BCUT2D eigenvalue weighted by atomic mass is 79.9. The number of morpholine rings is 1. The van der Waals surface area contributed by atoms with Crippen LogP contribution in [-0.2, 0) is 24.6 Å². The summed E-state index contributed by atoms with van der Waals surface area (Å²) >= 11 is 3.43. The van der Waals surface area contributed by atoms with Crippen molar-refractivity contribution >= 4 is 21.9 Å². The van der Waals surface area contributed by atoms with Gasteiger partial charge in [-0.15, -0.1) is 0 Å². The van der Waals surface area contributed by atoms with Crippen molar-refractivity contribution in [3.05, 3.63) is 28.5 Å². The quantitative estimate of drug-likeness (QED) is 0.723. The molecule has 27 heavy (non-hydrogen) atoms. The zero-order valence-electron chi connectivity index (χ0n) is 16.3. The Bertz CT molecular complexity index is 641. The van der Waals surface area contributed by atoms with E-state index >= 15 is 0 Å². The Morgan fingerprint density at radius 2 is 2.04 bits per heavy atom. The van der Waals surface area contributed by atoms with Crippen LogP contribution in [0.1, 0.15) is 52.1 Å². The van der Waals surface area contributed by atoms with Gasteiger partial charge in [0.05, 0.1) is 17.9 Å². The molecule has 1 aliphatic heterocycles. The van der Waals surface area contributed by atoms with E-state index in [0.717, 1.165) is 55.5 Å². The van der Waals surface area contributed by atoms with E-state index in [4.69, 9.17) is 14.2 Å². The Morgan fingerprint density at radius 1 is 1.30 bits per heavy atom. The molecule has 1 aromatic rings. The third kappa shape index (κ3) is 5.28. The topological polar surface area (TPSA) is 69.7 Å². The van der Waals surface area contributed by atoms with Crippen molar-refractivity contribution < 1.29 is 19.0 Å². The second kappa shape index (κ2) is 8.15. The molecule has 3 rings (SSSR count). The Hall–Kier alpha value is -1.02. The molecule has 0 bridgehead atoms. The number of halogens is 1. The van der Waals surface area contributed by atoms with E-state index in [1.165, 1.54) is 0 Å². The van der Waals surface area contributed by atoms with Gasteiger partial charge < -0.3 is 19.5 Å². The molecule has 0 aromatic carbocycles. The molecule has 7 heteroatoms. The van der Waals surface area contributed by atoms with Gasteiger partial charge in [0.25, 0.3) is 0 Å². The number of nitrogens with one attached hydrogen (secondary N) is 1. The summed E-state index contributed by atoms with van der Waals surface area (Å²) in [5.74, 6) is -0.352. The van der Waals surface area contributed by atoms with Gasteiger partial charge in [0.15, 0.2) is 0 Å². The van der Waals surface area contributed by atoms with Crippen molar-refractivity contribution in [3.63, 3.8) is 0 Å². The number of ether oxygens (including phenoxy) is 3. The fourth-order valence-corrected chi connectivity index (χ4v) is 4.06. The van der Waals surface area contributed by atoms with E-state index in [1.54, 1.807) is 6.20 Å². The summed E-state index contributed by atoms with van der Waals surface area (Å²) in [6.07, 6.45) is 5.02. The van der Waals surface area contributed by atoms with E-state index in [0.29, 0.717) is 0 Å². The van der Waals surface area contributed by atoms with Crippen molar-refractivity contribution in [2.45, 2.75) is 63.3 Å². The molecule has 1 saturated carbocycles. The second-order valence-electron chi connectivity index (χ2n) is 8.44. The van der Waals surface area contributed by atoms with E-state index < -0.39 is 11.2 Å². The largest absolute Gasteiger partial charge is 0.458 e. The van der Waals surface area contributed by atoms with Crippen LogP contribution in [0.5, 0.6) is 0 Å². The van der Waals surface area contributed by atoms with Gasteiger partial charge in [-0.25, -0.2) is 4.79 Å². The van der Waals surface area contributed by atoms with Crippen molar-refractivity contribution in [1.29, 1.82) is 0 Å². The summed E-state index contributed by atoms with van der Waals surface area (Å²) in [6.45, 7) is 7.99. The molecule has 2 heterocycles. The van der Waals surface area contributed by atoms with E-state index in [1.807, 2.05) is 32.9 Å². The van der Waals surface area contributed by atoms with Crippen molar-refractivity contribution in [2.75, 3.05) is 26.3 Å². The average molecular weight is 441 g/mol.